The van der Waals surface area contributed by atoms with E-state index in [9.17, 15) is 4.79 Å². The molecule has 1 amide bonds. The average Bonchev–Trinajstić information content (AvgIpc) is 2.93. The first-order valence-corrected chi connectivity index (χ1v) is 9.72. The Balaban J connectivity index is 1.83. The number of anilines is 1. The van der Waals surface area contributed by atoms with Gasteiger partial charge in [-0.25, -0.2) is 9.97 Å². The number of hydrogen-bond donors (Lipinski definition) is 0. The predicted molar refractivity (Wildman–Crippen MR) is 108 cm³/mol. The molecule has 3 rings (SSSR count). The van der Waals surface area contributed by atoms with Crippen molar-refractivity contribution in [3.05, 3.63) is 36.2 Å². The number of carbonyl (C=O) groups is 1. The highest BCUT2D eigenvalue weighted by Gasteiger charge is 2.29. The number of nitrogens with zero attached hydrogens (tertiary/aromatic N) is 5. The van der Waals surface area contributed by atoms with E-state index in [-0.39, 0.29) is 11.3 Å². The first kappa shape index (κ1) is 19.3. The Hall–Kier alpha value is -2.50. The van der Waals surface area contributed by atoms with Gasteiger partial charge in [-0.2, -0.15) is 0 Å². The third-order valence-corrected chi connectivity index (χ3v) is 4.77. The molecule has 0 unspecified atom stereocenters. The van der Waals surface area contributed by atoms with Gasteiger partial charge in [0.2, 0.25) is 5.91 Å². The number of pyridine rings is 1. The minimum atomic E-state index is -0.342. The summed E-state index contributed by atoms with van der Waals surface area (Å²) in [5, 5.41) is 0. The van der Waals surface area contributed by atoms with E-state index in [1.165, 1.54) is 0 Å². The third kappa shape index (κ3) is 4.62. The lowest BCUT2D eigenvalue weighted by molar-refractivity contribution is -0.139. The first-order chi connectivity index (χ1) is 12.9. The molecule has 6 heteroatoms. The highest BCUT2D eigenvalue weighted by Crippen LogP contribution is 2.22. The summed E-state index contributed by atoms with van der Waals surface area (Å²) >= 11 is 0. The van der Waals surface area contributed by atoms with E-state index in [1.54, 1.807) is 6.20 Å². The summed E-state index contributed by atoms with van der Waals surface area (Å²) in [7, 11) is 0. The lowest BCUT2D eigenvalue weighted by Gasteiger charge is -2.28. The highest BCUT2D eigenvalue weighted by molar-refractivity contribution is 5.81. The Morgan fingerprint density at radius 2 is 1.93 bits per heavy atom. The van der Waals surface area contributed by atoms with Crippen LogP contribution in [0.1, 0.15) is 39.8 Å². The second-order valence-corrected chi connectivity index (χ2v) is 7.99. The van der Waals surface area contributed by atoms with Crippen molar-refractivity contribution in [1.82, 2.24) is 19.9 Å². The van der Waals surface area contributed by atoms with Gasteiger partial charge in [-0.3, -0.25) is 9.78 Å². The smallest absolute Gasteiger partial charge is 0.228 e. The van der Waals surface area contributed by atoms with Gasteiger partial charge in [-0.15, -0.1) is 0 Å². The summed E-state index contributed by atoms with van der Waals surface area (Å²) in [6.45, 7) is 11.2. The molecule has 0 radical (unpaired) electrons. The Labute approximate surface area is 161 Å². The Bertz CT molecular complexity index is 785. The molecule has 0 saturated carbocycles. The summed E-state index contributed by atoms with van der Waals surface area (Å²) in [6, 6.07) is 7.84. The van der Waals surface area contributed by atoms with Crippen molar-refractivity contribution in [2.24, 2.45) is 5.41 Å². The number of amides is 1. The van der Waals surface area contributed by atoms with E-state index in [0.29, 0.717) is 5.82 Å². The Morgan fingerprint density at radius 1 is 1.11 bits per heavy atom. The zero-order valence-corrected chi connectivity index (χ0v) is 16.8. The van der Waals surface area contributed by atoms with Crippen LogP contribution >= 0.6 is 0 Å². The molecule has 0 aromatic carbocycles. The van der Waals surface area contributed by atoms with E-state index >= 15 is 0 Å². The van der Waals surface area contributed by atoms with Gasteiger partial charge in [0.15, 0.2) is 5.82 Å². The van der Waals surface area contributed by atoms with Crippen LogP contribution in [0.25, 0.3) is 11.5 Å². The van der Waals surface area contributed by atoms with Crippen LogP contribution in [0.3, 0.4) is 0 Å². The Morgan fingerprint density at radius 3 is 2.59 bits per heavy atom. The van der Waals surface area contributed by atoms with Crippen LogP contribution in [0.2, 0.25) is 0 Å². The lowest BCUT2D eigenvalue weighted by atomic mass is 9.94. The summed E-state index contributed by atoms with van der Waals surface area (Å²) in [5.74, 6) is 1.81. The van der Waals surface area contributed by atoms with Crippen molar-refractivity contribution in [2.45, 2.75) is 40.5 Å². The van der Waals surface area contributed by atoms with E-state index in [1.807, 2.05) is 43.9 Å². The third-order valence-electron chi connectivity index (χ3n) is 4.77. The fourth-order valence-electron chi connectivity index (χ4n) is 3.26. The Kier molecular flexibility index (Phi) is 5.73. The van der Waals surface area contributed by atoms with Crippen LogP contribution < -0.4 is 4.90 Å². The van der Waals surface area contributed by atoms with Gasteiger partial charge in [0.05, 0.1) is 0 Å². The molecule has 0 bridgehead atoms. The topological polar surface area (TPSA) is 62.2 Å². The molecule has 1 aliphatic rings. The number of rotatable bonds is 3. The molecule has 0 N–H and O–H groups in total. The zero-order valence-electron chi connectivity index (χ0n) is 16.8. The quantitative estimate of drug-likeness (QED) is 0.834. The van der Waals surface area contributed by atoms with E-state index in [2.05, 4.69) is 27.9 Å². The van der Waals surface area contributed by atoms with Crippen LogP contribution in [0, 0.1) is 5.41 Å². The molecule has 0 atom stereocenters. The number of aryl methyl sites for hydroxylation is 1. The molecule has 0 aliphatic carbocycles. The lowest BCUT2D eigenvalue weighted by Crippen LogP contribution is -2.41. The molecule has 27 heavy (non-hydrogen) atoms. The molecule has 1 aliphatic heterocycles. The number of aromatic nitrogens is 3. The standard InChI is InChI=1S/C21H29N5O/c1-5-16-15-18(24-19(23-16)17-9-6-7-10-22-17)25-11-8-12-26(14-13-25)20(27)21(2,3)4/h6-7,9-10,15H,5,8,11-14H2,1-4H3. The van der Waals surface area contributed by atoms with Crippen molar-refractivity contribution < 1.29 is 4.79 Å². The number of carbonyl (C=O) groups excluding carboxylic acids is 1. The van der Waals surface area contributed by atoms with E-state index < -0.39 is 0 Å². The van der Waals surface area contributed by atoms with Crippen LogP contribution in [0.4, 0.5) is 5.82 Å². The van der Waals surface area contributed by atoms with E-state index in [0.717, 1.165) is 56.2 Å². The zero-order chi connectivity index (χ0) is 19.4. The number of hydrogen-bond acceptors (Lipinski definition) is 5. The van der Waals surface area contributed by atoms with Crippen LogP contribution in [-0.4, -0.2) is 51.9 Å². The van der Waals surface area contributed by atoms with Crippen molar-refractivity contribution in [3.63, 3.8) is 0 Å². The van der Waals surface area contributed by atoms with Gasteiger partial charge in [-0.05, 0) is 25.0 Å². The van der Waals surface area contributed by atoms with Crippen molar-refractivity contribution in [2.75, 3.05) is 31.1 Å². The fourth-order valence-corrected chi connectivity index (χ4v) is 3.26. The molecule has 1 fully saturated rings. The summed E-state index contributed by atoms with van der Waals surface area (Å²) < 4.78 is 0. The maximum Gasteiger partial charge on any atom is 0.228 e. The maximum atomic E-state index is 12.6. The second kappa shape index (κ2) is 8.03. The molecular weight excluding hydrogens is 338 g/mol. The maximum absolute atomic E-state index is 12.6. The average molecular weight is 367 g/mol. The van der Waals surface area contributed by atoms with Crippen molar-refractivity contribution >= 4 is 11.7 Å². The van der Waals surface area contributed by atoms with Crippen molar-refractivity contribution in [3.8, 4) is 11.5 Å². The molecule has 144 valence electrons. The van der Waals surface area contributed by atoms with Gasteiger partial charge in [0.1, 0.15) is 11.5 Å². The summed E-state index contributed by atoms with van der Waals surface area (Å²) in [4.78, 5) is 30.7. The summed E-state index contributed by atoms with van der Waals surface area (Å²) in [6.07, 6.45) is 3.54. The van der Waals surface area contributed by atoms with Gasteiger partial charge in [0.25, 0.3) is 0 Å². The minimum absolute atomic E-state index is 0.218. The normalized spacial score (nSPS) is 15.6. The van der Waals surface area contributed by atoms with Gasteiger partial charge in [0, 0.05) is 49.6 Å². The minimum Gasteiger partial charge on any atom is -0.355 e. The molecule has 6 nitrogen and oxygen atoms in total. The van der Waals surface area contributed by atoms with Gasteiger partial charge >= 0.3 is 0 Å². The monoisotopic (exact) mass is 367 g/mol. The van der Waals surface area contributed by atoms with E-state index in [4.69, 9.17) is 4.98 Å². The molecule has 2 aromatic heterocycles. The molecule has 2 aromatic rings. The van der Waals surface area contributed by atoms with Gasteiger partial charge < -0.3 is 9.80 Å². The molecule has 3 heterocycles. The first-order valence-electron chi connectivity index (χ1n) is 9.72. The molecule has 1 saturated heterocycles. The van der Waals surface area contributed by atoms with Gasteiger partial charge in [-0.1, -0.05) is 33.8 Å². The van der Waals surface area contributed by atoms with Crippen LogP contribution in [0.5, 0.6) is 0 Å². The van der Waals surface area contributed by atoms with Crippen LogP contribution in [-0.2, 0) is 11.2 Å². The summed E-state index contributed by atoms with van der Waals surface area (Å²) in [5.41, 5.74) is 1.45. The highest BCUT2D eigenvalue weighted by atomic mass is 16.2. The molecular formula is C21H29N5O. The fraction of sp³-hybridized carbons (Fsp3) is 0.524. The second-order valence-electron chi connectivity index (χ2n) is 7.99. The van der Waals surface area contributed by atoms with Crippen molar-refractivity contribution in [1.29, 1.82) is 0 Å². The predicted octanol–water partition coefficient (Wildman–Crippen LogP) is 3.19. The van der Waals surface area contributed by atoms with Crippen LogP contribution in [0.15, 0.2) is 30.5 Å². The molecule has 0 spiro atoms. The SMILES string of the molecule is CCc1cc(N2CCCN(C(=O)C(C)(C)C)CC2)nc(-c2ccccn2)n1. The largest absolute Gasteiger partial charge is 0.355 e.